The molecule has 2 aromatic rings. The van der Waals surface area contributed by atoms with Crippen molar-refractivity contribution in [1.29, 1.82) is 0 Å². The summed E-state index contributed by atoms with van der Waals surface area (Å²) >= 11 is 1.73. The molecule has 0 aliphatic rings. The second-order valence-corrected chi connectivity index (χ2v) is 6.04. The Kier molecular flexibility index (Phi) is 4.79. The van der Waals surface area contributed by atoms with E-state index in [2.05, 4.69) is 16.8 Å². The Morgan fingerprint density at radius 2 is 2.05 bits per heavy atom. The molecule has 0 saturated heterocycles. The van der Waals surface area contributed by atoms with Crippen molar-refractivity contribution in [1.82, 2.24) is 0 Å². The molecule has 0 aliphatic carbocycles. The number of hydrogen-bond donors (Lipinski definition) is 2. The number of carbonyl (C=O) groups excluding carboxylic acids is 1. The van der Waals surface area contributed by atoms with Crippen LogP contribution in [0.4, 0.5) is 11.4 Å². The smallest absolute Gasteiger partial charge is 0.224 e. The monoisotopic (exact) mass is 288 g/mol. The zero-order valence-electron chi connectivity index (χ0n) is 11.9. The van der Waals surface area contributed by atoms with E-state index in [-0.39, 0.29) is 5.91 Å². The van der Waals surface area contributed by atoms with Crippen LogP contribution in [0.3, 0.4) is 0 Å². The second-order valence-electron chi connectivity index (χ2n) is 5.00. The Morgan fingerprint density at radius 3 is 2.75 bits per heavy atom. The summed E-state index contributed by atoms with van der Waals surface area (Å²) in [6.45, 7) is 4.03. The van der Waals surface area contributed by atoms with E-state index in [9.17, 15) is 4.79 Å². The predicted octanol–water partition coefficient (Wildman–Crippen LogP) is 3.91. The van der Waals surface area contributed by atoms with Gasteiger partial charge in [0.2, 0.25) is 5.91 Å². The van der Waals surface area contributed by atoms with E-state index in [0.29, 0.717) is 17.8 Å². The molecule has 0 atom stereocenters. The van der Waals surface area contributed by atoms with Gasteiger partial charge in [-0.2, -0.15) is 0 Å². The van der Waals surface area contributed by atoms with Crippen molar-refractivity contribution in [3.05, 3.63) is 45.6 Å². The molecule has 4 heteroatoms. The summed E-state index contributed by atoms with van der Waals surface area (Å²) in [7, 11) is 0. The third-order valence-electron chi connectivity index (χ3n) is 3.35. The molecule has 1 aromatic heterocycles. The summed E-state index contributed by atoms with van der Waals surface area (Å²) in [5.41, 5.74) is 9.54. The van der Waals surface area contributed by atoms with E-state index in [1.165, 1.54) is 4.88 Å². The van der Waals surface area contributed by atoms with Crippen LogP contribution in [0.2, 0.25) is 0 Å². The number of thiophene rings is 1. The van der Waals surface area contributed by atoms with E-state index < -0.39 is 0 Å². The minimum atomic E-state index is 0.0245. The average Bonchev–Trinajstić information content (AvgIpc) is 2.89. The van der Waals surface area contributed by atoms with Crippen LogP contribution in [0.25, 0.3) is 0 Å². The van der Waals surface area contributed by atoms with Crippen LogP contribution in [0.15, 0.2) is 29.6 Å². The number of hydrogen-bond acceptors (Lipinski definition) is 3. The third-order valence-corrected chi connectivity index (χ3v) is 4.28. The lowest BCUT2D eigenvalue weighted by Crippen LogP contribution is -2.13. The maximum absolute atomic E-state index is 11.9. The number of nitrogens with one attached hydrogen (secondary N) is 1. The Labute approximate surface area is 123 Å². The van der Waals surface area contributed by atoms with Gasteiger partial charge < -0.3 is 11.1 Å². The number of aryl methyl sites for hydroxylation is 3. The minimum Gasteiger partial charge on any atom is -0.397 e. The molecule has 3 N–H and O–H groups in total. The molecular formula is C16H20N2OS. The third kappa shape index (κ3) is 3.84. The zero-order chi connectivity index (χ0) is 14.5. The van der Waals surface area contributed by atoms with Crippen molar-refractivity contribution >= 4 is 28.6 Å². The van der Waals surface area contributed by atoms with Crippen LogP contribution in [0, 0.1) is 13.8 Å². The van der Waals surface area contributed by atoms with Gasteiger partial charge in [0.1, 0.15) is 0 Å². The number of nitrogen functional groups attached to an aromatic ring is 1. The maximum atomic E-state index is 11.9. The quantitative estimate of drug-likeness (QED) is 0.820. The maximum Gasteiger partial charge on any atom is 0.224 e. The summed E-state index contributed by atoms with van der Waals surface area (Å²) in [5.74, 6) is 0.0245. The van der Waals surface area contributed by atoms with Crippen molar-refractivity contribution in [3.63, 3.8) is 0 Å². The lowest BCUT2D eigenvalue weighted by atomic mass is 10.1. The number of benzene rings is 1. The highest BCUT2D eigenvalue weighted by Crippen LogP contribution is 2.23. The van der Waals surface area contributed by atoms with Crippen LogP contribution >= 0.6 is 11.3 Å². The molecule has 3 nitrogen and oxygen atoms in total. The lowest BCUT2D eigenvalue weighted by molar-refractivity contribution is -0.116. The van der Waals surface area contributed by atoms with Gasteiger partial charge in [-0.3, -0.25) is 4.79 Å². The second kappa shape index (κ2) is 6.57. The van der Waals surface area contributed by atoms with E-state index in [0.717, 1.165) is 24.0 Å². The van der Waals surface area contributed by atoms with Crippen molar-refractivity contribution in [2.45, 2.75) is 33.1 Å². The molecule has 20 heavy (non-hydrogen) atoms. The topological polar surface area (TPSA) is 55.1 Å². The van der Waals surface area contributed by atoms with Gasteiger partial charge in [-0.25, -0.2) is 0 Å². The van der Waals surface area contributed by atoms with Crippen molar-refractivity contribution in [2.24, 2.45) is 0 Å². The highest BCUT2D eigenvalue weighted by Gasteiger charge is 2.07. The predicted molar refractivity (Wildman–Crippen MR) is 86.2 cm³/mol. The molecule has 1 heterocycles. The van der Waals surface area contributed by atoms with Gasteiger partial charge in [0, 0.05) is 11.3 Å². The highest BCUT2D eigenvalue weighted by atomic mass is 32.1. The lowest BCUT2D eigenvalue weighted by Gasteiger charge is -2.11. The van der Waals surface area contributed by atoms with Crippen LogP contribution in [0.5, 0.6) is 0 Å². The van der Waals surface area contributed by atoms with E-state index in [4.69, 9.17) is 5.73 Å². The standard InChI is InChI=1S/C16H20N2OS/c1-11-9-14(17)15(10-12(11)2)18-16(19)7-3-5-13-6-4-8-20-13/h4,6,8-10H,3,5,7,17H2,1-2H3,(H,18,19). The van der Waals surface area contributed by atoms with E-state index in [1.807, 2.05) is 32.0 Å². The first kappa shape index (κ1) is 14.6. The largest absolute Gasteiger partial charge is 0.397 e. The Morgan fingerprint density at radius 1 is 1.30 bits per heavy atom. The fourth-order valence-corrected chi connectivity index (χ4v) is 2.79. The van der Waals surface area contributed by atoms with Crippen LogP contribution < -0.4 is 11.1 Å². The SMILES string of the molecule is Cc1cc(N)c(NC(=O)CCCc2cccs2)cc1C. The van der Waals surface area contributed by atoms with E-state index >= 15 is 0 Å². The number of carbonyl (C=O) groups is 1. The molecule has 0 spiro atoms. The Hall–Kier alpha value is -1.81. The van der Waals surface area contributed by atoms with Gasteiger partial charge in [0.15, 0.2) is 0 Å². The fourth-order valence-electron chi connectivity index (χ4n) is 2.04. The molecule has 0 bridgehead atoms. The molecule has 0 unspecified atom stereocenters. The van der Waals surface area contributed by atoms with Gasteiger partial charge in [-0.05, 0) is 61.4 Å². The minimum absolute atomic E-state index is 0.0245. The Balaban J connectivity index is 1.86. The Bertz CT molecular complexity index is 591. The number of rotatable bonds is 5. The molecule has 0 fully saturated rings. The van der Waals surface area contributed by atoms with Gasteiger partial charge in [-0.1, -0.05) is 6.07 Å². The molecule has 0 radical (unpaired) electrons. The number of nitrogens with two attached hydrogens (primary N) is 1. The molecule has 106 valence electrons. The van der Waals surface area contributed by atoms with Gasteiger partial charge >= 0.3 is 0 Å². The first-order chi connectivity index (χ1) is 9.56. The van der Waals surface area contributed by atoms with E-state index in [1.54, 1.807) is 11.3 Å². The summed E-state index contributed by atoms with van der Waals surface area (Å²) in [4.78, 5) is 13.2. The highest BCUT2D eigenvalue weighted by molar-refractivity contribution is 7.09. The van der Waals surface area contributed by atoms with Crippen LogP contribution in [0.1, 0.15) is 28.8 Å². The number of anilines is 2. The number of amides is 1. The molecule has 0 aliphatic heterocycles. The molecular weight excluding hydrogens is 268 g/mol. The normalized spacial score (nSPS) is 10.5. The first-order valence-electron chi connectivity index (χ1n) is 6.75. The summed E-state index contributed by atoms with van der Waals surface area (Å²) in [6, 6.07) is 7.97. The fraction of sp³-hybridized carbons (Fsp3) is 0.312. The average molecular weight is 288 g/mol. The van der Waals surface area contributed by atoms with Crippen molar-refractivity contribution < 1.29 is 4.79 Å². The molecule has 1 aromatic carbocycles. The first-order valence-corrected chi connectivity index (χ1v) is 7.63. The van der Waals surface area contributed by atoms with Crippen molar-refractivity contribution in [3.8, 4) is 0 Å². The molecule has 2 rings (SSSR count). The zero-order valence-corrected chi connectivity index (χ0v) is 12.7. The summed E-state index contributed by atoms with van der Waals surface area (Å²) < 4.78 is 0. The van der Waals surface area contributed by atoms with Gasteiger partial charge in [0.05, 0.1) is 11.4 Å². The molecule has 0 saturated carbocycles. The van der Waals surface area contributed by atoms with Crippen molar-refractivity contribution in [2.75, 3.05) is 11.1 Å². The molecule has 1 amide bonds. The van der Waals surface area contributed by atoms with Crippen LogP contribution in [-0.4, -0.2) is 5.91 Å². The van der Waals surface area contributed by atoms with Gasteiger partial charge in [-0.15, -0.1) is 11.3 Å². The van der Waals surface area contributed by atoms with Crippen LogP contribution in [-0.2, 0) is 11.2 Å². The summed E-state index contributed by atoms with van der Waals surface area (Å²) in [6.07, 6.45) is 2.33. The van der Waals surface area contributed by atoms with Gasteiger partial charge in [0.25, 0.3) is 0 Å². The summed E-state index contributed by atoms with van der Waals surface area (Å²) in [5, 5.41) is 4.96.